The van der Waals surface area contributed by atoms with Gasteiger partial charge in [-0.05, 0) is 24.1 Å². The van der Waals surface area contributed by atoms with Crippen LogP contribution in [0.5, 0.6) is 11.5 Å². The van der Waals surface area contributed by atoms with Crippen molar-refractivity contribution < 1.29 is 23.8 Å². The van der Waals surface area contributed by atoms with Gasteiger partial charge in [0.1, 0.15) is 6.10 Å². The molecule has 0 spiro atoms. The maximum absolute atomic E-state index is 12.3. The number of carbonyl (C=O) groups is 2. The van der Waals surface area contributed by atoms with Crippen LogP contribution in [0.3, 0.4) is 0 Å². The number of carbonyl (C=O) groups excluding carboxylic acids is 2. The molecule has 0 aliphatic carbocycles. The van der Waals surface area contributed by atoms with E-state index < -0.39 is 0 Å². The molecule has 2 heterocycles. The number of benzene rings is 1. The summed E-state index contributed by atoms with van der Waals surface area (Å²) in [5, 5.41) is 2.92. The molecule has 2 saturated heterocycles. The number of likely N-dealkylation sites (tertiary alicyclic amines) is 1. The van der Waals surface area contributed by atoms with E-state index in [-0.39, 0.29) is 24.3 Å². The minimum atomic E-state index is -0.342. The summed E-state index contributed by atoms with van der Waals surface area (Å²) < 4.78 is 16.1. The first-order chi connectivity index (χ1) is 13.1. The Morgan fingerprint density at radius 1 is 1.26 bits per heavy atom. The molecule has 0 bridgehead atoms. The van der Waals surface area contributed by atoms with Crippen LogP contribution in [0, 0.1) is 0 Å². The number of urea groups is 1. The lowest BCUT2D eigenvalue weighted by Crippen LogP contribution is -2.42. The zero-order chi connectivity index (χ0) is 19.4. The van der Waals surface area contributed by atoms with E-state index in [9.17, 15) is 9.59 Å². The molecule has 0 radical (unpaired) electrons. The summed E-state index contributed by atoms with van der Waals surface area (Å²) in [6.45, 7) is 4.04. The van der Waals surface area contributed by atoms with Gasteiger partial charge in [0.25, 0.3) is 0 Å². The topological polar surface area (TPSA) is 80.3 Å². The third kappa shape index (κ3) is 4.04. The molecule has 0 aromatic heterocycles. The van der Waals surface area contributed by atoms with Gasteiger partial charge in [-0.3, -0.25) is 4.90 Å². The Bertz CT molecular complexity index is 696. The van der Waals surface area contributed by atoms with Crippen LogP contribution in [0.2, 0.25) is 0 Å². The number of fused-ring (bicyclic) bond motifs is 1. The summed E-state index contributed by atoms with van der Waals surface area (Å²) in [6, 6.07) is 5.33. The van der Waals surface area contributed by atoms with Gasteiger partial charge < -0.3 is 24.4 Å². The average Bonchev–Trinajstić information content (AvgIpc) is 3.20. The number of rotatable bonds is 7. The molecule has 148 valence electrons. The van der Waals surface area contributed by atoms with Crippen LogP contribution in [-0.4, -0.2) is 67.9 Å². The van der Waals surface area contributed by atoms with Gasteiger partial charge >= 0.3 is 12.1 Å². The van der Waals surface area contributed by atoms with Gasteiger partial charge in [-0.1, -0.05) is 19.4 Å². The Labute approximate surface area is 159 Å². The quantitative estimate of drug-likeness (QED) is 0.737. The van der Waals surface area contributed by atoms with E-state index in [1.54, 1.807) is 24.0 Å². The van der Waals surface area contributed by atoms with E-state index in [1.165, 1.54) is 0 Å². The van der Waals surface area contributed by atoms with Crippen LogP contribution >= 0.6 is 0 Å². The van der Waals surface area contributed by atoms with Gasteiger partial charge in [0.15, 0.2) is 11.5 Å². The molecule has 2 aliphatic rings. The average molecular weight is 377 g/mol. The maximum atomic E-state index is 12.3. The molecule has 8 nitrogen and oxygen atoms in total. The van der Waals surface area contributed by atoms with Crippen molar-refractivity contribution in [2.24, 2.45) is 0 Å². The summed E-state index contributed by atoms with van der Waals surface area (Å²) in [5.41, 5.74) is 0.913. The van der Waals surface area contributed by atoms with Crippen molar-refractivity contribution in [3.63, 3.8) is 0 Å². The molecule has 1 aromatic carbocycles. The van der Waals surface area contributed by atoms with Crippen molar-refractivity contribution in [2.75, 3.05) is 33.9 Å². The molecular weight excluding hydrogens is 350 g/mol. The fourth-order valence-corrected chi connectivity index (χ4v) is 3.51. The van der Waals surface area contributed by atoms with Gasteiger partial charge in [0.05, 0.1) is 26.8 Å². The number of ether oxygens (including phenoxy) is 3. The summed E-state index contributed by atoms with van der Waals surface area (Å²) in [4.78, 5) is 28.0. The standard InChI is InChI=1S/C19H27N3O5/c1-4-5-8-20-18(23)21-11-14-17(12-21)27-19(24)22(14)10-13-6-7-15(25-2)16(9-13)26-3/h6-7,9,14,17H,4-5,8,10-12H2,1-3H3,(H,20,23)/t14-,17+/m1/s1. The predicted octanol–water partition coefficient (Wildman–Crippen LogP) is 2.22. The molecule has 8 heteroatoms. The molecule has 1 aromatic rings. The van der Waals surface area contributed by atoms with E-state index in [0.717, 1.165) is 18.4 Å². The van der Waals surface area contributed by atoms with E-state index in [4.69, 9.17) is 14.2 Å². The Morgan fingerprint density at radius 3 is 2.74 bits per heavy atom. The van der Waals surface area contributed by atoms with Gasteiger partial charge in [-0.2, -0.15) is 0 Å². The second-order valence-corrected chi connectivity index (χ2v) is 6.80. The molecule has 1 N–H and O–H groups in total. The first-order valence-electron chi connectivity index (χ1n) is 9.28. The number of nitrogens with one attached hydrogen (secondary N) is 1. The molecular formula is C19H27N3O5. The third-order valence-electron chi connectivity index (χ3n) is 5.02. The van der Waals surface area contributed by atoms with Crippen molar-refractivity contribution >= 4 is 12.1 Å². The second kappa shape index (κ2) is 8.37. The highest BCUT2D eigenvalue weighted by Gasteiger charge is 2.48. The lowest BCUT2D eigenvalue weighted by Gasteiger charge is -2.23. The SMILES string of the molecule is CCCCNC(=O)N1C[C@@H]2OC(=O)N(Cc3ccc(OC)c(OC)c3)[C@@H]2C1. The van der Waals surface area contributed by atoms with Crippen LogP contribution in [0.1, 0.15) is 25.3 Å². The molecule has 27 heavy (non-hydrogen) atoms. The minimum Gasteiger partial charge on any atom is -0.493 e. The van der Waals surface area contributed by atoms with Crippen LogP contribution < -0.4 is 14.8 Å². The Hall–Kier alpha value is -2.64. The van der Waals surface area contributed by atoms with Gasteiger partial charge in [-0.25, -0.2) is 9.59 Å². The highest BCUT2D eigenvalue weighted by Crippen LogP contribution is 2.31. The Kier molecular flexibility index (Phi) is 5.93. The molecule has 3 rings (SSSR count). The first kappa shape index (κ1) is 19.1. The lowest BCUT2D eigenvalue weighted by molar-refractivity contribution is 0.122. The van der Waals surface area contributed by atoms with Gasteiger partial charge in [0.2, 0.25) is 0 Å². The summed E-state index contributed by atoms with van der Waals surface area (Å²) in [5.74, 6) is 1.25. The number of amides is 3. The van der Waals surface area contributed by atoms with E-state index >= 15 is 0 Å². The number of nitrogens with zero attached hydrogens (tertiary/aromatic N) is 2. The van der Waals surface area contributed by atoms with Crippen molar-refractivity contribution in [3.05, 3.63) is 23.8 Å². The van der Waals surface area contributed by atoms with E-state index in [1.807, 2.05) is 18.2 Å². The number of methoxy groups -OCH3 is 2. The van der Waals surface area contributed by atoms with E-state index in [2.05, 4.69) is 12.2 Å². The van der Waals surface area contributed by atoms with Crippen molar-refractivity contribution in [3.8, 4) is 11.5 Å². The fraction of sp³-hybridized carbons (Fsp3) is 0.579. The third-order valence-corrected chi connectivity index (χ3v) is 5.02. The van der Waals surface area contributed by atoms with Crippen molar-refractivity contribution in [1.82, 2.24) is 15.1 Å². The number of hydrogen-bond acceptors (Lipinski definition) is 5. The van der Waals surface area contributed by atoms with Crippen molar-refractivity contribution in [1.29, 1.82) is 0 Å². The van der Waals surface area contributed by atoms with Crippen LogP contribution in [0.25, 0.3) is 0 Å². The lowest BCUT2D eigenvalue weighted by atomic mass is 10.1. The monoisotopic (exact) mass is 377 g/mol. The zero-order valence-corrected chi connectivity index (χ0v) is 16.1. The largest absolute Gasteiger partial charge is 0.493 e. The van der Waals surface area contributed by atoms with Gasteiger partial charge in [-0.15, -0.1) is 0 Å². The fourth-order valence-electron chi connectivity index (χ4n) is 3.51. The summed E-state index contributed by atoms with van der Waals surface area (Å²) in [7, 11) is 3.16. The highest BCUT2D eigenvalue weighted by molar-refractivity contribution is 5.76. The smallest absolute Gasteiger partial charge is 0.410 e. The van der Waals surface area contributed by atoms with E-state index in [0.29, 0.717) is 37.7 Å². The number of unbranched alkanes of at least 4 members (excludes halogenated alkanes) is 1. The zero-order valence-electron chi connectivity index (χ0n) is 16.1. The maximum Gasteiger partial charge on any atom is 0.410 e. The predicted molar refractivity (Wildman–Crippen MR) is 99.0 cm³/mol. The normalized spacial score (nSPS) is 21.1. The molecule has 2 aliphatic heterocycles. The highest BCUT2D eigenvalue weighted by atomic mass is 16.6. The van der Waals surface area contributed by atoms with Crippen LogP contribution in [0.15, 0.2) is 18.2 Å². The van der Waals surface area contributed by atoms with Crippen LogP contribution in [0.4, 0.5) is 9.59 Å². The first-order valence-corrected chi connectivity index (χ1v) is 9.28. The molecule has 2 fully saturated rings. The van der Waals surface area contributed by atoms with Gasteiger partial charge in [0, 0.05) is 19.6 Å². The summed E-state index contributed by atoms with van der Waals surface area (Å²) >= 11 is 0. The molecule has 0 saturated carbocycles. The minimum absolute atomic E-state index is 0.0973. The number of hydrogen-bond donors (Lipinski definition) is 1. The molecule has 3 amide bonds. The van der Waals surface area contributed by atoms with Crippen molar-refractivity contribution in [2.45, 2.75) is 38.5 Å². The second-order valence-electron chi connectivity index (χ2n) is 6.80. The van der Waals surface area contributed by atoms with Crippen LogP contribution in [-0.2, 0) is 11.3 Å². The molecule has 0 unspecified atom stereocenters. The Balaban J connectivity index is 1.65. The molecule has 2 atom stereocenters. The summed E-state index contributed by atoms with van der Waals surface area (Å²) in [6.07, 6.45) is 1.36. The Morgan fingerprint density at radius 2 is 2.04 bits per heavy atom.